The van der Waals surface area contributed by atoms with Crippen molar-refractivity contribution in [1.82, 2.24) is 10.4 Å². The molecule has 0 atom stereocenters. The quantitative estimate of drug-likeness (QED) is 0.932. The minimum Gasteiger partial charge on any atom is -0.267 e. The van der Waals surface area contributed by atoms with E-state index in [1.54, 1.807) is 37.3 Å². The molecule has 0 unspecified atom stereocenters. The highest BCUT2D eigenvalue weighted by molar-refractivity contribution is 6.30. The number of nitrogens with zero attached hydrogens (tertiary/aromatic N) is 2. The summed E-state index contributed by atoms with van der Waals surface area (Å²) in [6, 6.07) is 8.22. The Morgan fingerprint density at radius 2 is 2.05 bits per heavy atom. The van der Waals surface area contributed by atoms with Crippen LogP contribution in [0.2, 0.25) is 5.02 Å². The Hall–Kier alpha value is -2.58. The lowest BCUT2D eigenvalue weighted by Crippen LogP contribution is -2.43. The number of nitriles is 1. The summed E-state index contributed by atoms with van der Waals surface area (Å²) in [6.45, 7) is 3.61. The third-order valence-corrected chi connectivity index (χ3v) is 3.58. The van der Waals surface area contributed by atoms with Crippen LogP contribution in [0.5, 0.6) is 0 Å². The molecule has 1 aliphatic heterocycles. The lowest BCUT2D eigenvalue weighted by molar-refractivity contribution is -0.125. The molecular weight excluding hydrogens is 302 g/mol. The Kier molecular flexibility index (Phi) is 4.64. The Balaban J connectivity index is 2.27. The molecule has 6 heteroatoms. The summed E-state index contributed by atoms with van der Waals surface area (Å²) >= 11 is 5.78. The molecule has 5 nitrogen and oxygen atoms in total. The molecule has 1 aromatic rings. The molecule has 0 radical (unpaired) electrons. The number of benzene rings is 1. The molecule has 112 valence electrons. The molecule has 1 aromatic carbocycles. The van der Waals surface area contributed by atoms with Crippen LogP contribution < -0.4 is 5.43 Å². The first-order chi connectivity index (χ1) is 10.5. The summed E-state index contributed by atoms with van der Waals surface area (Å²) < 4.78 is 0. The van der Waals surface area contributed by atoms with Crippen molar-refractivity contribution < 1.29 is 9.59 Å². The van der Waals surface area contributed by atoms with Crippen molar-refractivity contribution in [3.8, 4) is 6.07 Å². The number of carbonyl (C=O) groups excluding carboxylic acids is 2. The van der Waals surface area contributed by atoms with Crippen molar-refractivity contribution in [2.75, 3.05) is 0 Å². The van der Waals surface area contributed by atoms with Gasteiger partial charge in [-0.1, -0.05) is 24.6 Å². The zero-order valence-corrected chi connectivity index (χ0v) is 12.9. The van der Waals surface area contributed by atoms with Crippen molar-refractivity contribution in [3.63, 3.8) is 0 Å². The smallest absolute Gasteiger partial charge is 0.267 e. The van der Waals surface area contributed by atoms with Crippen LogP contribution >= 0.6 is 11.6 Å². The van der Waals surface area contributed by atoms with Crippen LogP contribution in [-0.4, -0.2) is 16.8 Å². The summed E-state index contributed by atoms with van der Waals surface area (Å²) in [5, 5.41) is 10.8. The molecule has 0 bridgehead atoms. The van der Waals surface area contributed by atoms with Crippen LogP contribution in [-0.2, 0) is 4.79 Å². The van der Waals surface area contributed by atoms with Crippen molar-refractivity contribution in [3.05, 3.63) is 57.8 Å². The van der Waals surface area contributed by atoms with Gasteiger partial charge in [-0.15, -0.1) is 0 Å². The second-order valence-corrected chi connectivity index (χ2v) is 5.02. The van der Waals surface area contributed by atoms with Gasteiger partial charge in [-0.25, -0.2) is 5.01 Å². The summed E-state index contributed by atoms with van der Waals surface area (Å²) in [5.74, 6) is -0.964. The first-order valence-electron chi connectivity index (χ1n) is 6.74. The van der Waals surface area contributed by atoms with Gasteiger partial charge in [0.05, 0.1) is 5.70 Å². The molecule has 1 N–H and O–H groups in total. The van der Waals surface area contributed by atoms with Gasteiger partial charge >= 0.3 is 0 Å². The Morgan fingerprint density at radius 1 is 1.41 bits per heavy atom. The molecule has 2 amide bonds. The second-order valence-electron chi connectivity index (χ2n) is 4.58. The van der Waals surface area contributed by atoms with Crippen molar-refractivity contribution >= 4 is 23.4 Å². The number of rotatable bonds is 3. The van der Waals surface area contributed by atoms with Crippen molar-refractivity contribution in [2.45, 2.75) is 20.3 Å². The average Bonchev–Trinajstić information content (AvgIpc) is 2.78. The van der Waals surface area contributed by atoms with Crippen LogP contribution in [0.3, 0.4) is 0 Å². The molecule has 0 saturated carbocycles. The van der Waals surface area contributed by atoms with Gasteiger partial charge in [-0.05, 0) is 37.6 Å². The minimum absolute atomic E-state index is 0.0620. The fraction of sp³-hybridized carbons (Fsp3) is 0.188. The first-order valence-corrected chi connectivity index (χ1v) is 7.12. The van der Waals surface area contributed by atoms with E-state index in [4.69, 9.17) is 16.9 Å². The lowest BCUT2D eigenvalue weighted by Gasteiger charge is -2.20. The van der Waals surface area contributed by atoms with E-state index in [1.165, 1.54) is 0 Å². The van der Waals surface area contributed by atoms with E-state index in [9.17, 15) is 9.59 Å². The zero-order valence-electron chi connectivity index (χ0n) is 12.2. The molecule has 1 heterocycles. The third-order valence-electron chi connectivity index (χ3n) is 3.33. The molecule has 0 aliphatic carbocycles. The fourth-order valence-electron chi connectivity index (χ4n) is 2.27. The highest BCUT2D eigenvalue weighted by Crippen LogP contribution is 2.29. The van der Waals surface area contributed by atoms with Gasteiger partial charge in [0.2, 0.25) is 0 Å². The third kappa shape index (κ3) is 2.74. The highest BCUT2D eigenvalue weighted by Gasteiger charge is 2.35. The number of hydrogen-bond acceptors (Lipinski definition) is 3. The number of hydrogen-bond donors (Lipinski definition) is 1. The molecule has 2 rings (SSSR count). The second kappa shape index (κ2) is 6.46. The van der Waals surface area contributed by atoms with Crippen LogP contribution in [0.15, 0.2) is 47.2 Å². The molecule has 0 saturated heterocycles. The standard InChI is InChI=1S/C16H14ClN3O2/c1-3-12-13(9-18)16(22)20(14(12)4-2)19-15(21)10-5-7-11(17)8-6-10/h4-8H,3H2,1-2H3,(H,19,21). The Morgan fingerprint density at radius 3 is 2.55 bits per heavy atom. The van der Waals surface area contributed by atoms with Gasteiger partial charge < -0.3 is 0 Å². The molecule has 0 spiro atoms. The molecular formula is C16H14ClN3O2. The SMILES string of the molecule is CC=C1C(CC)=C(C#N)C(=O)N1NC(=O)c1ccc(Cl)cc1. The predicted octanol–water partition coefficient (Wildman–Crippen LogP) is 2.96. The van der Waals surface area contributed by atoms with Gasteiger partial charge in [-0.2, -0.15) is 5.26 Å². The van der Waals surface area contributed by atoms with E-state index in [0.29, 0.717) is 28.3 Å². The van der Waals surface area contributed by atoms with Gasteiger partial charge in [-0.3, -0.25) is 15.0 Å². The average molecular weight is 316 g/mol. The van der Waals surface area contributed by atoms with E-state index < -0.39 is 11.8 Å². The van der Waals surface area contributed by atoms with Gasteiger partial charge in [0.15, 0.2) is 0 Å². The predicted molar refractivity (Wildman–Crippen MR) is 82.5 cm³/mol. The van der Waals surface area contributed by atoms with E-state index in [-0.39, 0.29) is 5.57 Å². The summed E-state index contributed by atoms with van der Waals surface area (Å²) in [7, 11) is 0. The maximum atomic E-state index is 12.3. The number of amides is 2. The summed E-state index contributed by atoms with van der Waals surface area (Å²) in [6.07, 6.45) is 2.23. The molecule has 22 heavy (non-hydrogen) atoms. The minimum atomic E-state index is -0.519. The molecule has 1 aliphatic rings. The van der Waals surface area contributed by atoms with Crippen LogP contribution in [0.25, 0.3) is 0 Å². The van der Waals surface area contributed by atoms with Gasteiger partial charge in [0, 0.05) is 16.2 Å². The Labute approximate surface area is 133 Å². The van der Waals surface area contributed by atoms with Crippen LogP contribution in [0.4, 0.5) is 0 Å². The maximum Gasteiger partial charge on any atom is 0.288 e. The monoisotopic (exact) mass is 315 g/mol. The van der Waals surface area contributed by atoms with Gasteiger partial charge in [0.25, 0.3) is 11.8 Å². The number of nitrogens with one attached hydrogen (secondary N) is 1. The number of allylic oxidation sites excluding steroid dienone is 2. The summed E-state index contributed by atoms with van der Waals surface area (Å²) in [4.78, 5) is 24.5. The summed E-state index contributed by atoms with van der Waals surface area (Å²) in [5.41, 5.74) is 4.13. The van der Waals surface area contributed by atoms with Crippen molar-refractivity contribution in [2.24, 2.45) is 0 Å². The Bertz CT molecular complexity index is 727. The maximum absolute atomic E-state index is 12.3. The number of hydrazine groups is 1. The van der Waals surface area contributed by atoms with E-state index >= 15 is 0 Å². The van der Waals surface area contributed by atoms with Gasteiger partial charge in [0.1, 0.15) is 11.6 Å². The fourth-order valence-corrected chi connectivity index (χ4v) is 2.39. The van der Waals surface area contributed by atoms with E-state index in [1.807, 2.05) is 13.0 Å². The van der Waals surface area contributed by atoms with E-state index in [0.717, 1.165) is 5.01 Å². The normalized spacial score (nSPS) is 16.2. The number of carbonyl (C=O) groups is 2. The first kappa shape index (κ1) is 15.8. The highest BCUT2D eigenvalue weighted by atomic mass is 35.5. The van der Waals surface area contributed by atoms with E-state index in [2.05, 4.69) is 5.43 Å². The largest absolute Gasteiger partial charge is 0.288 e. The lowest BCUT2D eigenvalue weighted by atomic mass is 10.1. The van der Waals surface area contributed by atoms with Crippen LogP contribution in [0.1, 0.15) is 30.6 Å². The molecule has 0 fully saturated rings. The molecule has 0 aromatic heterocycles. The van der Waals surface area contributed by atoms with Crippen LogP contribution in [0, 0.1) is 11.3 Å². The number of halogens is 1. The van der Waals surface area contributed by atoms with Crippen molar-refractivity contribution in [1.29, 1.82) is 5.26 Å². The zero-order chi connectivity index (χ0) is 16.3. The topological polar surface area (TPSA) is 73.2 Å².